The van der Waals surface area contributed by atoms with E-state index in [4.69, 9.17) is 9.73 Å². The molecule has 2 aromatic rings. The van der Waals surface area contributed by atoms with Gasteiger partial charge >= 0.3 is 0 Å². The number of guanidine groups is 1. The van der Waals surface area contributed by atoms with Crippen molar-refractivity contribution in [3.63, 3.8) is 0 Å². The molecule has 1 aliphatic heterocycles. The van der Waals surface area contributed by atoms with Gasteiger partial charge in [0.25, 0.3) is 0 Å². The average molecular weight is 509 g/mol. The van der Waals surface area contributed by atoms with Crippen LogP contribution in [-0.2, 0) is 17.8 Å². The molecular weight excluding hydrogens is 477 g/mol. The van der Waals surface area contributed by atoms with Crippen molar-refractivity contribution in [1.82, 2.24) is 15.6 Å². The van der Waals surface area contributed by atoms with E-state index in [1.165, 1.54) is 11.1 Å². The molecule has 158 valence electrons. The molecule has 1 fully saturated rings. The first-order valence-corrected chi connectivity index (χ1v) is 10.0. The van der Waals surface area contributed by atoms with Gasteiger partial charge in [-0.15, -0.1) is 24.0 Å². The molecule has 2 heterocycles. The summed E-state index contributed by atoms with van der Waals surface area (Å²) in [6.45, 7) is 11.0. The zero-order valence-corrected chi connectivity index (χ0v) is 19.8. The summed E-state index contributed by atoms with van der Waals surface area (Å²) >= 11 is 0. The van der Waals surface area contributed by atoms with Crippen molar-refractivity contribution in [2.75, 3.05) is 31.1 Å². The summed E-state index contributed by atoms with van der Waals surface area (Å²) in [5.41, 5.74) is 3.71. The molecule has 1 aliphatic rings. The van der Waals surface area contributed by atoms with Gasteiger partial charge in [-0.1, -0.05) is 24.3 Å². The number of ether oxygens (including phenoxy) is 1. The van der Waals surface area contributed by atoms with E-state index in [9.17, 15) is 0 Å². The number of morpholine rings is 1. The van der Waals surface area contributed by atoms with Crippen LogP contribution in [0.15, 0.2) is 47.6 Å². The van der Waals surface area contributed by atoms with Gasteiger partial charge < -0.3 is 20.3 Å². The Balaban J connectivity index is 0.00000300. The van der Waals surface area contributed by atoms with Crippen LogP contribution in [0.1, 0.15) is 30.5 Å². The quantitative estimate of drug-likeness (QED) is 0.355. The van der Waals surface area contributed by atoms with Crippen molar-refractivity contribution in [2.24, 2.45) is 4.99 Å². The van der Waals surface area contributed by atoms with Crippen LogP contribution in [-0.4, -0.2) is 43.3 Å². The van der Waals surface area contributed by atoms with E-state index in [0.717, 1.165) is 50.1 Å². The fraction of sp³-hybridized carbons (Fsp3) is 0.455. The van der Waals surface area contributed by atoms with Crippen LogP contribution < -0.4 is 15.5 Å². The van der Waals surface area contributed by atoms with Crippen LogP contribution in [0.25, 0.3) is 0 Å². The van der Waals surface area contributed by atoms with E-state index in [1.807, 2.05) is 12.3 Å². The Morgan fingerprint density at radius 2 is 2.10 bits per heavy atom. The number of benzene rings is 1. The van der Waals surface area contributed by atoms with Gasteiger partial charge in [0.1, 0.15) is 5.82 Å². The van der Waals surface area contributed by atoms with E-state index < -0.39 is 0 Å². The highest BCUT2D eigenvalue weighted by atomic mass is 127. The van der Waals surface area contributed by atoms with E-state index in [0.29, 0.717) is 6.54 Å². The number of aromatic nitrogens is 1. The van der Waals surface area contributed by atoms with E-state index in [1.54, 1.807) is 0 Å². The lowest BCUT2D eigenvalue weighted by Crippen LogP contribution is -2.41. The third-order valence-corrected chi connectivity index (χ3v) is 4.85. The highest BCUT2D eigenvalue weighted by molar-refractivity contribution is 14.0. The summed E-state index contributed by atoms with van der Waals surface area (Å²) in [7, 11) is 0. The molecule has 1 saturated heterocycles. The van der Waals surface area contributed by atoms with E-state index in [-0.39, 0.29) is 30.1 Å². The van der Waals surface area contributed by atoms with Crippen LogP contribution in [0, 0.1) is 6.92 Å². The van der Waals surface area contributed by atoms with Crippen LogP contribution in [0.3, 0.4) is 0 Å². The number of pyridine rings is 1. The summed E-state index contributed by atoms with van der Waals surface area (Å²) in [6.07, 6.45) is 2.11. The molecule has 1 atom stereocenters. The fourth-order valence-corrected chi connectivity index (χ4v) is 3.26. The summed E-state index contributed by atoms with van der Waals surface area (Å²) in [5.74, 6) is 1.82. The minimum absolute atomic E-state index is 0. The molecule has 0 amide bonds. The number of rotatable bonds is 6. The molecule has 0 saturated carbocycles. The first kappa shape index (κ1) is 23.4. The Kier molecular flexibility index (Phi) is 9.66. The Hall–Kier alpha value is -1.87. The molecule has 2 N–H and O–H groups in total. The molecule has 29 heavy (non-hydrogen) atoms. The number of nitrogens with zero attached hydrogens (tertiary/aromatic N) is 3. The second-order valence-electron chi connectivity index (χ2n) is 7.12. The minimum Gasteiger partial charge on any atom is -0.375 e. The second kappa shape index (κ2) is 12.0. The summed E-state index contributed by atoms with van der Waals surface area (Å²) < 4.78 is 5.63. The minimum atomic E-state index is 0. The first-order valence-electron chi connectivity index (χ1n) is 10.0. The van der Waals surface area contributed by atoms with Crippen LogP contribution in [0.5, 0.6) is 0 Å². The topological polar surface area (TPSA) is 61.8 Å². The van der Waals surface area contributed by atoms with E-state index >= 15 is 0 Å². The lowest BCUT2D eigenvalue weighted by Gasteiger charge is -2.32. The van der Waals surface area contributed by atoms with Crippen LogP contribution in [0.4, 0.5) is 5.82 Å². The number of nitrogens with one attached hydrogen (secondary N) is 2. The summed E-state index contributed by atoms with van der Waals surface area (Å²) in [4.78, 5) is 11.6. The third-order valence-electron chi connectivity index (χ3n) is 4.85. The normalized spacial score (nSPS) is 16.9. The predicted octanol–water partition coefficient (Wildman–Crippen LogP) is 3.49. The van der Waals surface area contributed by atoms with E-state index in [2.05, 4.69) is 71.6 Å². The monoisotopic (exact) mass is 509 g/mol. The number of hydrogen-bond donors (Lipinski definition) is 2. The predicted molar refractivity (Wildman–Crippen MR) is 130 cm³/mol. The maximum absolute atomic E-state index is 5.63. The molecule has 0 bridgehead atoms. The Bertz CT molecular complexity index is 798. The van der Waals surface area contributed by atoms with Gasteiger partial charge in [0.2, 0.25) is 0 Å². The first-order chi connectivity index (χ1) is 13.7. The van der Waals surface area contributed by atoms with Gasteiger partial charge in [-0.05, 0) is 49.6 Å². The number of hydrogen-bond acceptors (Lipinski definition) is 4. The lowest BCUT2D eigenvalue weighted by atomic mass is 10.1. The standard InChI is InChI=1S/C22H31N5O.HI/c1-4-23-22(26-15-20-8-6-5-7-17(20)2)25-14-19-9-10-24-21(13-19)27-11-12-28-18(3)16-27;/h5-10,13,18H,4,11-12,14-16H2,1-3H3,(H2,23,25,26);1H. The third kappa shape index (κ3) is 7.15. The maximum Gasteiger partial charge on any atom is 0.191 e. The van der Waals surface area contributed by atoms with Crippen molar-refractivity contribution < 1.29 is 4.74 Å². The molecule has 0 aliphatic carbocycles. The molecule has 3 rings (SSSR count). The largest absolute Gasteiger partial charge is 0.375 e. The lowest BCUT2D eigenvalue weighted by molar-refractivity contribution is 0.0529. The van der Waals surface area contributed by atoms with Crippen LogP contribution >= 0.6 is 24.0 Å². The Labute approximate surface area is 191 Å². The molecule has 0 spiro atoms. The van der Waals surface area contributed by atoms with Gasteiger partial charge in [0.05, 0.1) is 19.3 Å². The number of halogens is 1. The number of aryl methyl sites for hydroxylation is 1. The average Bonchev–Trinajstić information content (AvgIpc) is 2.71. The number of anilines is 1. The summed E-state index contributed by atoms with van der Waals surface area (Å²) in [5, 5.41) is 6.75. The highest BCUT2D eigenvalue weighted by Crippen LogP contribution is 2.17. The molecule has 6 nitrogen and oxygen atoms in total. The Morgan fingerprint density at radius 3 is 2.86 bits per heavy atom. The van der Waals surface area contributed by atoms with Gasteiger partial charge in [-0.3, -0.25) is 0 Å². The fourth-order valence-electron chi connectivity index (χ4n) is 3.26. The van der Waals surface area contributed by atoms with Crippen molar-refractivity contribution in [2.45, 2.75) is 40.0 Å². The van der Waals surface area contributed by atoms with Crippen molar-refractivity contribution in [3.05, 3.63) is 59.3 Å². The number of aliphatic imine (C=N–C) groups is 1. The van der Waals surface area contributed by atoms with Gasteiger partial charge in [0, 0.05) is 32.4 Å². The smallest absolute Gasteiger partial charge is 0.191 e. The molecule has 1 unspecified atom stereocenters. The van der Waals surface area contributed by atoms with Crippen molar-refractivity contribution >= 4 is 35.8 Å². The molecule has 1 aromatic carbocycles. The van der Waals surface area contributed by atoms with Gasteiger partial charge in [0.15, 0.2) is 5.96 Å². The summed E-state index contributed by atoms with van der Waals surface area (Å²) in [6, 6.07) is 12.6. The maximum atomic E-state index is 5.63. The second-order valence-corrected chi connectivity index (χ2v) is 7.12. The Morgan fingerprint density at radius 1 is 1.28 bits per heavy atom. The molecular formula is C22H32IN5O. The van der Waals surface area contributed by atoms with Crippen molar-refractivity contribution in [3.8, 4) is 0 Å². The molecule has 7 heteroatoms. The van der Waals surface area contributed by atoms with Gasteiger partial charge in [-0.2, -0.15) is 0 Å². The van der Waals surface area contributed by atoms with Crippen molar-refractivity contribution in [1.29, 1.82) is 0 Å². The molecule has 0 radical (unpaired) electrons. The zero-order chi connectivity index (χ0) is 19.8. The van der Waals surface area contributed by atoms with Crippen LogP contribution in [0.2, 0.25) is 0 Å². The highest BCUT2D eigenvalue weighted by Gasteiger charge is 2.17. The SMILES string of the molecule is CCNC(=NCc1ccnc(N2CCOC(C)C2)c1)NCc1ccccc1C.I. The van der Waals surface area contributed by atoms with Gasteiger partial charge in [-0.25, -0.2) is 9.98 Å². The zero-order valence-electron chi connectivity index (χ0n) is 17.5. The molecule has 1 aromatic heterocycles.